The molecule has 1 fully saturated rings. The van der Waals surface area contributed by atoms with E-state index in [0.29, 0.717) is 36.8 Å². The van der Waals surface area contributed by atoms with Gasteiger partial charge in [0, 0.05) is 17.5 Å². The topological polar surface area (TPSA) is 104 Å². The zero-order chi connectivity index (χ0) is 18.5. The van der Waals surface area contributed by atoms with Gasteiger partial charge in [-0.1, -0.05) is 0 Å². The summed E-state index contributed by atoms with van der Waals surface area (Å²) in [5.74, 6) is 0.348. The third-order valence-corrected chi connectivity index (χ3v) is 4.37. The predicted octanol–water partition coefficient (Wildman–Crippen LogP) is 1.95. The molecule has 2 heterocycles. The smallest absolute Gasteiger partial charge is 0.225 e. The van der Waals surface area contributed by atoms with Crippen LogP contribution in [-0.4, -0.2) is 47.7 Å². The van der Waals surface area contributed by atoms with Crippen LogP contribution >= 0.6 is 11.6 Å². The molecule has 0 bridgehead atoms. The van der Waals surface area contributed by atoms with Crippen molar-refractivity contribution in [3.8, 4) is 17.7 Å². The van der Waals surface area contributed by atoms with Crippen LogP contribution in [0.15, 0.2) is 24.4 Å². The van der Waals surface area contributed by atoms with Crippen LogP contribution in [0, 0.1) is 17.2 Å². The average Bonchev–Trinajstić information content (AvgIpc) is 2.99. The molecule has 3 rings (SSSR count). The van der Waals surface area contributed by atoms with Gasteiger partial charge in [-0.3, -0.25) is 4.79 Å². The van der Waals surface area contributed by atoms with Crippen LogP contribution in [0.3, 0.4) is 0 Å². The molecule has 26 heavy (non-hydrogen) atoms. The maximum Gasteiger partial charge on any atom is 0.225 e. The summed E-state index contributed by atoms with van der Waals surface area (Å²) in [6.45, 7) is 1.01. The van der Waals surface area contributed by atoms with Gasteiger partial charge in [0.1, 0.15) is 18.4 Å². The molecule has 2 atom stereocenters. The van der Waals surface area contributed by atoms with Crippen molar-refractivity contribution in [3.05, 3.63) is 30.0 Å². The number of amides is 1. The number of aromatic hydroxyl groups is 1. The number of carbonyl (C=O) groups excluding carboxylic acids is 1. The molecule has 1 aliphatic heterocycles. The normalized spacial score (nSPS) is 19.3. The number of nitrogens with zero attached hydrogens (tertiary/aromatic N) is 2. The maximum atomic E-state index is 12.0. The minimum absolute atomic E-state index is 0.0599. The number of phenolic OH excluding ortho intramolecular Hbond substituents is 1. The first-order chi connectivity index (χ1) is 12.6. The molecule has 0 aliphatic carbocycles. The fourth-order valence-electron chi connectivity index (χ4n) is 2.93. The molecule has 1 unspecified atom stereocenters. The summed E-state index contributed by atoms with van der Waals surface area (Å²) < 4.78 is 11.1. The number of nitrogens with one attached hydrogen (secondary N) is 1. The van der Waals surface area contributed by atoms with E-state index < -0.39 is 0 Å². The minimum Gasteiger partial charge on any atom is -0.507 e. The Morgan fingerprint density at radius 1 is 1.42 bits per heavy atom. The van der Waals surface area contributed by atoms with Crippen LogP contribution in [-0.2, 0) is 9.53 Å². The third-order valence-electron chi connectivity index (χ3n) is 4.21. The number of benzene rings is 1. The number of hydrogen-bond donors (Lipinski definition) is 2. The zero-order valence-electron chi connectivity index (χ0n) is 13.9. The highest BCUT2D eigenvalue weighted by Gasteiger charge is 2.32. The van der Waals surface area contributed by atoms with E-state index in [2.05, 4.69) is 10.3 Å². The number of alkyl halides is 1. The van der Waals surface area contributed by atoms with Gasteiger partial charge in [0.25, 0.3) is 0 Å². The number of ether oxygens (including phenoxy) is 2. The molecule has 0 radical (unpaired) electrons. The molecule has 8 heteroatoms. The van der Waals surface area contributed by atoms with Gasteiger partial charge in [0.15, 0.2) is 0 Å². The van der Waals surface area contributed by atoms with E-state index in [1.807, 2.05) is 6.07 Å². The van der Waals surface area contributed by atoms with Crippen molar-refractivity contribution < 1.29 is 19.4 Å². The van der Waals surface area contributed by atoms with Gasteiger partial charge in [0.2, 0.25) is 11.8 Å². The van der Waals surface area contributed by atoms with Gasteiger partial charge in [-0.25, -0.2) is 4.98 Å². The average molecular weight is 376 g/mol. The van der Waals surface area contributed by atoms with Crippen molar-refractivity contribution in [3.63, 3.8) is 0 Å². The SMILES string of the molecule is N#Cc1cc2ccnc(OC[C@@H]3CC(COCCCl)C(=O)N3)c2cc1O. The summed E-state index contributed by atoms with van der Waals surface area (Å²) in [5, 5.41) is 23.1. The molecule has 136 valence electrons. The first-order valence-electron chi connectivity index (χ1n) is 8.21. The second-order valence-electron chi connectivity index (χ2n) is 6.03. The van der Waals surface area contributed by atoms with E-state index in [4.69, 9.17) is 26.3 Å². The van der Waals surface area contributed by atoms with Gasteiger partial charge in [0.05, 0.1) is 30.7 Å². The number of phenols is 1. The molecule has 1 aromatic heterocycles. The summed E-state index contributed by atoms with van der Waals surface area (Å²) in [6, 6.07) is 6.58. The second-order valence-corrected chi connectivity index (χ2v) is 6.41. The first-order valence-corrected chi connectivity index (χ1v) is 8.74. The molecular weight excluding hydrogens is 358 g/mol. The summed E-state index contributed by atoms with van der Waals surface area (Å²) in [6.07, 6.45) is 2.18. The Labute approximate surface area is 155 Å². The number of aromatic nitrogens is 1. The molecule has 1 aliphatic rings. The Kier molecular flexibility index (Phi) is 5.76. The summed E-state index contributed by atoms with van der Waals surface area (Å²) in [4.78, 5) is 16.2. The van der Waals surface area contributed by atoms with Crippen molar-refractivity contribution >= 4 is 28.3 Å². The van der Waals surface area contributed by atoms with E-state index in [0.717, 1.165) is 5.39 Å². The van der Waals surface area contributed by atoms with Crippen molar-refractivity contribution in [1.82, 2.24) is 10.3 Å². The van der Waals surface area contributed by atoms with E-state index in [1.54, 1.807) is 18.3 Å². The standard InChI is InChI=1S/C18H18ClN3O4/c19-2-4-25-9-13-6-14(22-17(13)24)10-26-18-15-7-16(23)12(8-20)5-11(15)1-3-21-18/h1,3,5,7,13-14,23H,2,4,6,9-10H2,(H,22,24)/t13?,14-/m0/s1. The van der Waals surface area contributed by atoms with Crippen LogP contribution in [0.1, 0.15) is 12.0 Å². The van der Waals surface area contributed by atoms with Crippen molar-refractivity contribution in [2.75, 3.05) is 25.7 Å². The molecule has 7 nitrogen and oxygen atoms in total. The molecule has 2 aromatic rings. The third kappa shape index (κ3) is 3.98. The molecule has 0 spiro atoms. The molecule has 1 saturated heterocycles. The van der Waals surface area contributed by atoms with E-state index in [9.17, 15) is 9.90 Å². The fourth-order valence-corrected chi connectivity index (χ4v) is 3.04. The number of carbonyl (C=O) groups is 1. The number of nitriles is 1. The quantitative estimate of drug-likeness (QED) is 0.566. The van der Waals surface area contributed by atoms with Crippen LogP contribution in [0.4, 0.5) is 0 Å². The van der Waals surface area contributed by atoms with Gasteiger partial charge >= 0.3 is 0 Å². The van der Waals surface area contributed by atoms with E-state index in [-0.39, 0.29) is 35.8 Å². The van der Waals surface area contributed by atoms with Crippen LogP contribution in [0.25, 0.3) is 10.8 Å². The number of fused-ring (bicyclic) bond motifs is 1. The molecule has 1 amide bonds. The van der Waals surface area contributed by atoms with Crippen LogP contribution in [0.2, 0.25) is 0 Å². The minimum atomic E-state index is -0.213. The highest BCUT2D eigenvalue weighted by atomic mass is 35.5. The molecule has 2 N–H and O–H groups in total. The lowest BCUT2D eigenvalue weighted by Gasteiger charge is -2.13. The van der Waals surface area contributed by atoms with E-state index in [1.165, 1.54) is 6.07 Å². The van der Waals surface area contributed by atoms with Gasteiger partial charge in [-0.2, -0.15) is 5.26 Å². The lowest BCUT2D eigenvalue weighted by molar-refractivity contribution is -0.124. The Hall–Kier alpha value is -2.56. The Balaban J connectivity index is 1.66. The summed E-state index contributed by atoms with van der Waals surface area (Å²) in [7, 11) is 0. The van der Waals surface area contributed by atoms with E-state index >= 15 is 0 Å². The summed E-state index contributed by atoms with van der Waals surface area (Å²) in [5.41, 5.74) is 0.192. The Morgan fingerprint density at radius 2 is 2.27 bits per heavy atom. The Bertz CT molecular complexity index is 852. The van der Waals surface area contributed by atoms with Crippen molar-refractivity contribution in [2.24, 2.45) is 5.92 Å². The predicted molar refractivity (Wildman–Crippen MR) is 95.2 cm³/mol. The molecule has 1 aromatic carbocycles. The summed E-state index contributed by atoms with van der Waals surface area (Å²) >= 11 is 5.56. The number of hydrogen-bond acceptors (Lipinski definition) is 6. The maximum absolute atomic E-state index is 12.0. The van der Waals surface area contributed by atoms with Gasteiger partial charge in [-0.15, -0.1) is 11.6 Å². The zero-order valence-corrected chi connectivity index (χ0v) is 14.7. The highest BCUT2D eigenvalue weighted by molar-refractivity contribution is 6.17. The van der Waals surface area contributed by atoms with Gasteiger partial charge in [-0.05, 0) is 30.0 Å². The number of rotatable bonds is 7. The monoisotopic (exact) mass is 375 g/mol. The largest absolute Gasteiger partial charge is 0.507 e. The fraction of sp³-hybridized carbons (Fsp3) is 0.389. The highest BCUT2D eigenvalue weighted by Crippen LogP contribution is 2.30. The first kappa shape index (κ1) is 18.2. The van der Waals surface area contributed by atoms with Crippen LogP contribution in [0.5, 0.6) is 11.6 Å². The molecular formula is C18H18ClN3O4. The molecule has 0 saturated carbocycles. The van der Waals surface area contributed by atoms with Crippen molar-refractivity contribution in [2.45, 2.75) is 12.5 Å². The van der Waals surface area contributed by atoms with Crippen molar-refractivity contribution in [1.29, 1.82) is 5.26 Å². The number of halogens is 1. The Morgan fingerprint density at radius 3 is 3.04 bits per heavy atom. The van der Waals surface area contributed by atoms with Crippen LogP contribution < -0.4 is 10.1 Å². The number of pyridine rings is 1. The lowest BCUT2D eigenvalue weighted by atomic mass is 10.1. The lowest BCUT2D eigenvalue weighted by Crippen LogP contribution is -2.31. The second kappa shape index (κ2) is 8.21. The van der Waals surface area contributed by atoms with Gasteiger partial charge < -0.3 is 19.9 Å².